The van der Waals surface area contributed by atoms with Crippen molar-refractivity contribution in [2.45, 2.75) is 18.9 Å². The lowest BCUT2D eigenvalue weighted by Crippen LogP contribution is -2.38. The maximum atomic E-state index is 11.9. The Kier molecular flexibility index (Phi) is 6.80. The second-order valence-corrected chi connectivity index (χ2v) is 6.80. The highest BCUT2D eigenvalue weighted by atomic mass is 35.5. The van der Waals surface area contributed by atoms with Crippen LogP contribution in [-0.4, -0.2) is 36.6 Å². The first kappa shape index (κ1) is 20.3. The molecule has 0 unspecified atom stereocenters. The van der Waals surface area contributed by atoms with Crippen LogP contribution in [0.4, 0.5) is 5.69 Å². The number of amides is 3. The Morgan fingerprint density at radius 3 is 2.38 bits per heavy atom. The Balaban J connectivity index is 1.40. The second kappa shape index (κ2) is 9.70. The second-order valence-electron chi connectivity index (χ2n) is 6.36. The summed E-state index contributed by atoms with van der Waals surface area (Å²) >= 11 is 5.80. The van der Waals surface area contributed by atoms with E-state index >= 15 is 0 Å². The molecule has 0 bridgehead atoms. The highest BCUT2D eigenvalue weighted by Gasteiger charge is 2.26. The van der Waals surface area contributed by atoms with Crippen molar-refractivity contribution in [2.24, 2.45) is 5.10 Å². The minimum atomic E-state index is -0.806. The lowest BCUT2D eigenvalue weighted by molar-refractivity contribution is -0.139. The number of hydrazone groups is 1. The van der Waals surface area contributed by atoms with E-state index in [2.05, 4.69) is 21.2 Å². The molecule has 1 fully saturated rings. The first-order valence-corrected chi connectivity index (χ1v) is 9.29. The lowest BCUT2D eigenvalue weighted by atomic mass is 10.2. The maximum absolute atomic E-state index is 11.9. The van der Waals surface area contributed by atoms with Crippen molar-refractivity contribution in [1.29, 1.82) is 0 Å². The number of carbonyl (C=O) groups is 3. The monoisotopic (exact) mass is 414 g/mol. The molecule has 8 nitrogen and oxygen atoms in total. The molecule has 0 aromatic heterocycles. The number of anilines is 1. The molecule has 0 aliphatic heterocycles. The summed E-state index contributed by atoms with van der Waals surface area (Å²) in [6.45, 7) is -0.151. The molecule has 0 spiro atoms. The maximum Gasteiger partial charge on any atom is 0.329 e. The molecule has 1 aliphatic rings. The minimum absolute atomic E-state index is 0.109. The molecule has 1 aliphatic carbocycles. The van der Waals surface area contributed by atoms with E-state index in [1.165, 1.54) is 6.21 Å². The van der Waals surface area contributed by atoms with Gasteiger partial charge in [-0.2, -0.15) is 5.10 Å². The molecule has 3 rings (SSSR count). The van der Waals surface area contributed by atoms with E-state index in [9.17, 15) is 14.4 Å². The average molecular weight is 415 g/mol. The van der Waals surface area contributed by atoms with E-state index in [4.69, 9.17) is 16.3 Å². The van der Waals surface area contributed by atoms with Gasteiger partial charge in [-0.15, -0.1) is 0 Å². The summed E-state index contributed by atoms with van der Waals surface area (Å²) in [5.41, 5.74) is 3.48. The van der Waals surface area contributed by atoms with Gasteiger partial charge in [-0.3, -0.25) is 14.4 Å². The van der Waals surface area contributed by atoms with Crippen molar-refractivity contribution in [1.82, 2.24) is 10.7 Å². The Hall–Kier alpha value is -3.39. The number of benzene rings is 2. The van der Waals surface area contributed by atoms with Gasteiger partial charge in [-0.1, -0.05) is 11.6 Å². The largest absolute Gasteiger partial charge is 0.484 e. The number of halogens is 1. The Labute approximate surface area is 172 Å². The molecule has 0 radical (unpaired) electrons. The van der Waals surface area contributed by atoms with Gasteiger partial charge in [0.1, 0.15) is 5.75 Å². The van der Waals surface area contributed by atoms with Crippen LogP contribution in [0.25, 0.3) is 0 Å². The molecular weight excluding hydrogens is 396 g/mol. The highest BCUT2D eigenvalue weighted by Crippen LogP contribution is 2.18. The van der Waals surface area contributed by atoms with Gasteiger partial charge in [0.25, 0.3) is 5.91 Å². The first-order chi connectivity index (χ1) is 14.0. The predicted octanol–water partition coefficient (Wildman–Crippen LogP) is 2.09. The molecular formula is C20H19ClN4O4. The lowest BCUT2D eigenvalue weighted by Gasteiger charge is -2.08. The molecule has 3 N–H and O–H groups in total. The van der Waals surface area contributed by atoms with Crippen LogP contribution >= 0.6 is 11.6 Å². The van der Waals surface area contributed by atoms with Crippen molar-refractivity contribution in [3.05, 3.63) is 59.1 Å². The van der Waals surface area contributed by atoms with E-state index in [0.29, 0.717) is 22.0 Å². The predicted molar refractivity (Wildman–Crippen MR) is 109 cm³/mol. The number of carbonyl (C=O) groups excluding carboxylic acids is 3. The molecule has 1 saturated carbocycles. The Bertz CT molecular complexity index is 909. The highest BCUT2D eigenvalue weighted by molar-refractivity contribution is 6.35. The van der Waals surface area contributed by atoms with Crippen LogP contribution in [0, 0.1) is 0 Å². The van der Waals surface area contributed by atoms with Crippen LogP contribution in [0.2, 0.25) is 5.02 Å². The Morgan fingerprint density at radius 2 is 1.72 bits per heavy atom. The topological polar surface area (TPSA) is 109 Å². The van der Waals surface area contributed by atoms with Gasteiger partial charge in [0, 0.05) is 16.8 Å². The summed E-state index contributed by atoms with van der Waals surface area (Å²) in [4.78, 5) is 34.9. The SMILES string of the molecule is O=C(COc1ccc(/C=N\NC(=O)C(=O)NC2CC2)cc1)Nc1ccc(Cl)cc1. The van der Waals surface area contributed by atoms with Crippen molar-refractivity contribution < 1.29 is 19.1 Å². The van der Waals surface area contributed by atoms with Gasteiger partial charge < -0.3 is 15.4 Å². The standard InChI is InChI=1S/C20H19ClN4O4/c21-14-3-5-15(6-4-14)23-18(26)12-29-17-9-1-13(2-10-17)11-22-25-20(28)19(27)24-16-7-8-16/h1-6,9-11,16H,7-8,12H2,(H,23,26)(H,24,27)(H,25,28)/b22-11-. The van der Waals surface area contributed by atoms with Gasteiger partial charge in [-0.25, -0.2) is 5.43 Å². The number of ether oxygens (including phenoxy) is 1. The summed E-state index contributed by atoms with van der Waals surface area (Å²) in [6.07, 6.45) is 3.21. The van der Waals surface area contributed by atoms with Crippen LogP contribution in [0.5, 0.6) is 5.75 Å². The van der Waals surface area contributed by atoms with Crippen LogP contribution in [0.15, 0.2) is 53.6 Å². The fourth-order valence-electron chi connectivity index (χ4n) is 2.22. The quantitative estimate of drug-likeness (QED) is 0.366. The molecule has 150 valence electrons. The molecule has 29 heavy (non-hydrogen) atoms. The number of nitrogens with one attached hydrogen (secondary N) is 3. The molecule has 2 aromatic carbocycles. The summed E-state index contributed by atoms with van der Waals surface area (Å²) in [6, 6.07) is 13.6. The van der Waals surface area contributed by atoms with Crippen LogP contribution in [-0.2, 0) is 14.4 Å². The van der Waals surface area contributed by atoms with Gasteiger partial charge in [0.2, 0.25) is 0 Å². The number of rotatable bonds is 7. The van der Waals surface area contributed by atoms with Gasteiger partial charge >= 0.3 is 11.8 Å². The van der Waals surface area contributed by atoms with Crippen LogP contribution in [0.3, 0.4) is 0 Å². The zero-order chi connectivity index (χ0) is 20.6. The number of hydrogen-bond acceptors (Lipinski definition) is 5. The van der Waals surface area contributed by atoms with E-state index in [0.717, 1.165) is 12.8 Å². The third-order valence-electron chi connectivity index (χ3n) is 3.88. The zero-order valence-corrected chi connectivity index (χ0v) is 16.1. The minimum Gasteiger partial charge on any atom is -0.484 e. The van der Waals surface area contributed by atoms with Crippen LogP contribution in [0.1, 0.15) is 18.4 Å². The van der Waals surface area contributed by atoms with Gasteiger partial charge in [0.15, 0.2) is 6.61 Å². The first-order valence-electron chi connectivity index (χ1n) is 8.92. The zero-order valence-electron chi connectivity index (χ0n) is 15.4. The Morgan fingerprint density at radius 1 is 1.03 bits per heavy atom. The van der Waals surface area contributed by atoms with E-state index in [1.807, 2.05) is 0 Å². The number of nitrogens with zero attached hydrogens (tertiary/aromatic N) is 1. The molecule has 0 heterocycles. The fourth-order valence-corrected chi connectivity index (χ4v) is 2.35. The van der Waals surface area contributed by atoms with E-state index in [1.54, 1.807) is 48.5 Å². The van der Waals surface area contributed by atoms with Crippen LogP contribution < -0.4 is 20.8 Å². The summed E-state index contributed by atoms with van der Waals surface area (Å²) in [5.74, 6) is -1.29. The van der Waals surface area contributed by atoms with Crippen molar-refractivity contribution in [3.8, 4) is 5.75 Å². The molecule has 0 saturated heterocycles. The molecule has 3 amide bonds. The molecule has 9 heteroatoms. The molecule has 0 atom stereocenters. The van der Waals surface area contributed by atoms with Crippen molar-refractivity contribution in [2.75, 3.05) is 11.9 Å². The fraction of sp³-hybridized carbons (Fsp3) is 0.200. The average Bonchev–Trinajstić information content (AvgIpc) is 3.53. The number of hydrogen-bond donors (Lipinski definition) is 3. The summed E-state index contributed by atoms with van der Waals surface area (Å²) in [7, 11) is 0. The third kappa shape index (κ3) is 6.93. The smallest absolute Gasteiger partial charge is 0.329 e. The summed E-state index contributed by atoms with van der Waals surface area (Å²) < 4.78 is 5.43. The van der Waals surface area contributed by atoms with E-state index in [-0.39, 0.29) is 18.6 Å². The summed E-state index contributed by atoms with van der Waals surface area (Å²) in [5, 5.41) is 9.60. The van der Waals surface area contributed by atoms with Crippen molar-refractivity contribution >= 4 is 41.2 Å². The third-order valence-corrected chi connectivity index (χ3v) is 4.13. The van der Waals surface area contributed by atoms with Gasteiger partial charge in [0.05, 0.1) is 6.21 Å². The van der Waals surface area contributed by atoms with Gasteiger partial charge in [-0.05, 0) is 66.9 Å². The van der Waals surface area contributed by atoms with E-state index < -0.39 is 11.8 Å². The molecule has 2 aromatic rings. The van der Waals surface area contributed by atoms with Crippen molar-refractivity contribution in [3.63, 3.8) is 0 Å². The normalized spacial score (nSPS) is 13.0.